The second kappa shape index (κ2) is 6.02. The van der Waals surface area contributed by atoms with Gasteiger partial charge in [0.15, 0.2) is 0 Å². The molecule has 1 N–H and O–H groups in total. The number of nitrogens with one attached hydrogen (secondary N) is 1. The Balaban J connectivity index is 1.69. The Kier molecular flexibility index (Phi) is 3.92. The number of aromatic nitrogens is 5. The minimum absolute atomic E-state index is 0.124. The number of hydrogen-bond donors (Lipinski definition) is 1. The Hall–Kier alpha value is -2.61. The summed E-state index contributed by atoms with van der Waals surface area (Å²) in [5.74, 6) is -0.210. The number of carbonyl (C=O) groups excluding carboxylic acids is 1. The lowest BCUT2D eigenvalue weighted by Gasteiger charge is -2.13. The molecule has 0 radical (unpaired) electrons. The second-order valence-electron chi connectivity index (χ2n) is 4.75. The highest BCUT2D eigenvalue weighted by Gasteiger charge is 2.15. The van der Waals surface area contributed by atoms with E-state index in [9.17, 15) is 4.79 Å². The van der Waals surface area contributed by atoms with E-state index >= 15 is 0 Å². The van der Waals surface area contributed by atoms with Crippen LogP contribution in [0.15, 0.2) is 36.9 Å². The van der Waals surface area contributed by atoms with Crippen molar-refractivity contribution >= 4 is 17.2 Å². The van der Waals surface area contributed by atoms with Crippen LogP contribution in [-0.2, 0) is 0 Å². The highest BCUT2D eigenvalue weighted by Crippen LogP contribution is 2.16. The summed E-state index contributed by atoms with van der Waals surface area (Å²) < 4.78 is 1.68. The summed E-state index contributed by atoms with van der Waals surface area (Å²) in [6.45, 7) is 3.75. The number of hydrogen-bond acceptors (Lipinski definition) is 6. The molecule has 0 aliphatic heterocycles. The zero-order chi connectivity index (χ0) is 15.5. The zero-order valence-corrected chi connectivity index (χ0v) is 12.9. The van der Waals surface area contributed by atoms with Crippen molar-refractivity contribution < 1.29 is 4.79 Å². The van der Waals surface area contributed by atoms with Gasteiger partial charge in [0.2, 0.25) is 5.01 Å². The summed E-state index contributed by atoms with van der Waals surface area (Å²) in [6, 6.07) is 7.64. The van der Waals surface area contributed by atoms with E-state index in [1.807, 2.05) is 38.1 Å². The fraction of sp³-hybridized carbons (Fsp3) is 0.214. The van der Waals surface area contributed by atoms with Crippen LogP contribution in [0.5, 0.6) is 0 Å². The van der Waals surface area contributed by atoms with Crippen molar-refractivity contribution in [1.29, 1.82) is 0 Å². The normalized spacial score (nSPS) is 12.1. The SMILES string of the molecule is Cc1nnc(C(=O)NC(C)c2ccc(-n3cncn3)cc2)s1. The van der Waals surface area contributed by atoms with Gasteiger partial charge in [-0.15, -0.1) is 10.2 Å². The van der Waals surface area contributed by atoms with Gasteiger partial charge in [-0.2, -0.15) is 5.10 Å². The number of aryl methyl sites for hydroxylation is 1. The van der Waals surface area contributed by atoms with E-state index in [2.05, 4.69) is 25.6 Å². The number of carbonyl (C=O) groups is 1. The van der Waals surface area contributed by atoms with Gasteiger partial charge in [-0.25, -0.2) is 9.67 Å². The smallest absolute Gasteiger partial charge is 0.282 e. The molecule has 112 valence electrons. The van der Waals surface area contributed by atoms with Gasteiger partial charge in [0.05, 0.1) is 11.7 Å². The van der Waals surface area contributed by atoms with Crippen molar-refractivity contribution in [2.45, 2.75) is 19.9 Å². The lowest BCUT2D eigenvalue weighted by atomic mass is 10.1. The Labute approximate surface area is 131 Å². The molecular weight excluding hydrogens is 300 g/mol. The van der Waals surface area contributed by atoms with Crippen LogP contribution in [0.3, 0.4) is 0 Å². The third-order valence-corrected chi connectivity index (χ3v) is 3.98. The van der Waals surface area contributed by atoms with E-state index in [-0.39, 0.29) is 11.9 Å². The average Bonchev–Trinajstić information content (AvgIpc) is 3.18. The fourth-order valence-electron chi connectivity index (χ4n) is 1.99. The van der Waals surface area contributed by atoms with Crippen LogP contribution in [0.4, 0.5) is 0 Å². The van der Waals surface area contributed by atoms with Crippen molar-refractivity contribution in [3.63, 3.8) is 0 Å². The van der Waals surface area contributed by atoms with Crippen molar-refractivity contribution in [2.24, 2.45) is 0 Å². The van der Waals surface area contributed by atoms with Crippen LogP contribution in [0, 0.1) is 6.92 Å². The third kappa shape index (κ3) is 3.01. The first-order valence-electron chi connectivity index (χ1n) is 6.69. The molecule has 2 heterocycles. The van der Waals surface area contributed by atoms with Crippen molar-refractivity contribution in [3.05, 3.63) is 52.5 Å². The predicted molar refractivity (Wildman–Crippen MR) is 81.9 cm³/mol. The largest absolute Gasteiger partial charge is 0.343 e. The maximum Gasteiger partial charge on any atom is 0.282 e. The highest BCUT2D eigenvalue weighted by molar-refractivity contribution is 7.13. The van der Waals surface area contributed by atoms with Gasteiger partial charge in [0.25, 0.3) is 5.91 Å². The molecule has 1 aromatic carbocycles. The molecule has 3 aromatic rings. The van der Waals surface area contributed by atoms with E-state index in [4.69, 9.17) is 0 Å². The van der Waals surface area contributed by atoms with Crippen molar-refractivity contribution in [2.75, 3.05) is 0 Å². The van der Waals surface area contributed by atoms with Gasteiger partial charge < -0.3 is 5.32 Å². The molecule has 3 rings (SSSR count). The number of nitrogens with zero attached hydrogens (tertiary/aromatic N) is 5. The summed E-state index contributed by atoms with van der Waals surface area (Å²) in [4.78, 5) is 16.0. The van der Waals surface area contributed by atoms with E-state index in [0.29, 0.717) is 5.01 Å². The molecule has 1 atom stereocenters. The monoisotopic (exact) mass is 314 g/mol. The summed E-state index contributed by atoms with van der Waals surface area (Å²) in [5, 5.41) is 15.8. The number of rotatable bonds is 4. The Bertz CT molecular complexity index is 765. The Morgan fingerprint density at radius 1 is 1.27 bits per heavy atom. The molecule has 0 fully saturated rings. The molecule has 8 heteroatoms. The first-order chi connectivity index (χ1) is 10.6. The second-order valence-corrected chi connectivity index (χ2v) is 5.93. The topological polar surface area (TPSA) is 85.6 Å². The van der Waals surface area contributed by atoms with E-state index in [1.54, 1.807) is 11.0 Å². The van der Waals surface area contributed by atoms with Crippen LogP contribution in [0.2, 0.25) is 0 Å². The molecule has 0 bridgehead atoms. The molecule has 1 amide bonds. The molecule has 1 unspecified atom stereocenters. The van der Waals surface area contributed by atoms with Crippen LogP contribution in [-0.4, -0.2) is 30.9 Å². The lowest BCUT2D eigenvalue weighted by molar-refractivity contribution is 0.0939. The van der Waals surface area contributed by atoms with Crippen molar-refractivity contribution in [3.8, 4) is 5.69 Å². The van der Waals surface area contributed by atoms with Gasteiger partial charge in [-0.1, -0.05) is 23.5 Å². The van der Waals surface area contributed by atoms with Gasteiger partial charge in [-0.05, 0) is 31.5 Å². The van der Waals surface area contributed by atoms with Gasteiger partial charge in [0, 0.05) is 0 Å². The van der Waals surface area contributed by atoms with Gasteiger partial charge >= 0.3 is 0 Å². The molecule has 2 aromatic heterocycles. The van der Waals surface area contributed by atoms with E-state index in [1.165, 1.54) is 17.7 Å². The van der Waals surface area contributed by atoms with Crippen LogP contribution >= 0.6 is 11.3 Å². The average molecular weight is 314 g/mol. The number of benzene rings is 1. The standard InChI is InChI=1S/C14H14N6OS/c1-9(17-13(21)14-19-18-10(2)22-14)11-3-5-12(6-4-11)20-8-15-7-16-20/h3-9H,1-2H3,(H,17,21). The first-order valence-corrected chi connectivity index (χ1v) is 7.51. The summed E-state index contributed by atoms with van der Waals surface area (Å²) in [6.07, 6.45) is 3.12. The van der Waals surface area contributed by atoms with E-state index < -0.39 is 0 Å². The third-order valence-electron chi connectivity index (χ3n) is 3.14. The van der Waals surface area contributed by atoms with Gasteiger partial charge in [0.1, 0.15) is 17.7 Å². The molecule has 0 spiro atoms. The van der Waals surface area contributed by atoms with Crippen LogP contribution < -0.4 is 5.32 Å². The van der Waals surface area contributed by atoms with Gasteiger partial charge in [-0.3, -0.25) is 4.79 Å². The highest BCUT2D eigenvalue weighted by atomic mass is 32.1. The van der Waals surface area contributed by atoms with Crippen molar-refractivity contribution in [1.82, 2.24) is 30.3 Å². The molecule has 0 saturated carbocycles. The lowest BCUT2D eigenvalue weighted by Crippen LogP contribution is -2.26. The quantitative estimate of drug-likeness (QED) is 0.795. The molecule has 0 aliphatic carbocycles. The van der Waals surface area contributed by atoms with E-state index in [0.717, 1.165) is 16.3 Å². The summed E-state index contributed by atoms with van der Waals surface area (Å²) in [5.41, 5.74) is 1.91. The summed E-state index contributed by atoms with van der Waals surface area (Å²) in [7, 11) is 0. The van der Waals surface area contributed by atoms with Crippen LogP contribution in [0.1, 0.15) is 33.3 Å². The molecule has 22 heavy (non-hydrogen) atoms. The molecule has 7 nitrogen and oxygen atoms in total. The fourth-order valence-corrected chi connectivity index (χ4v) is 2.58. The minimum Gasteiger partial charge on any atom is -0.343 e. The molecule has 0 aliphatic rings. The maximum absolute atomic E-state index is 12.1. The zero-order valence-electron chi connectivity index (χ0n) is 12.1. The maximum atomic E-state index is 12.1. The first kappa shape index (κ1) is 14.3. The summed E-state index contributed by atoms with van der Waals surface area (Å²) >= 11 is 1.28. The molecular formula is C14H14N6OS. The van der Waals surface area contributed by atoms with Crippen LogP contribution in [0.25, 0.3) is 5.69 Å². The number of amides is 1. The molecule has 0 saturated heterocycles. The predicted octanol–water partition coefficient (Wildman–Crippen LogP) is 1.92. The Morgan fingerprint density at radius 2 is 2.05 bits per heavy atom. The minimum atomic E-state index is -0.210. The Morgan fingerprint density at radius 3 is 2.64 bits per heavy atom.